The first-order valence-electron chi connectivity index (χ1n) is 21.1. The van der Waals surface area contributed by atoms with Crippen LogP contribution in [0.5, 0.6) is 0 Å². The van der Waals surface area contributed by atoms with E-state index >= 15 is 0 Å². The predicted molar refractivity (Wildman–Crippen MR) is 260 cm³/mol. The second-order valence-corrected chi connectivity index (χ2v) is 17.3. The van der Waals surface area contributed by atoms with E-state index in [1.807, 2.05) is 17.4 Å². The number of para-hydroxylation sites is 1. The Morgan fingerprint density at radius 3 is 2.07 bits per heavy atom. The quantitative estimate of drug-likeness (QED) is 0.188. The Labute approximate surface area is 357 Å². The van der Waals surface area contributed by atoms with Crippen molar-refractivity contribution in [3.05, 3.63) is 210 Å². The Morgan fingerprint density at radius 2 is 1.18 bits per heavy atom. The molecule has 290 valence electrons. The van der Waals surface area contributed by atoms with E-state index in [0.717, 1.165) is 57.3 Å². The molecule has 0 amide bonds. The molecule has 3 heterocycles. The molecule has 1 N–H and O–H groups in total. The van der Waals surface area contributed by atoms with Crippen LogP contribution in [0.4, 0.5) is 0 Å². The third-order valence-electron chi connectivity index (χ3n) is 12.6. The highest BCUT2D eigenvalue weighted by Gasteiger charge is 2.24. The van der Waals surface area contributed by atoms with Crippen LogP contribution in [0.3, 0.4) is 0 Å². The number of aliphatic imine (C=N–C) groups is 1. The van der Waals surface area contributed by atoms with E-state index in [-0.39, 0.29) is 6.17 Å². The standard InChI is InChI=1S/C57H40N2OS/c1-35-21-31-50(38-25-22-37(23-26-38)40-27-24-36-11-2-3-12-39(36)33-40)58-57(59-56(35)41-28-32-54-49(34-41)45-15-7-9-20-53(45)61-54)47-30-29-44(42-13-4-5-14-43(42)47)46-17-10-19-52-55(46)48-16-6-8-18-51(48)60-52/h2-20,22-30,32-34,57,59H,21,31H2,1H3/b56-35-,58-50+. The first kappa shape index (κ1) is 35.7. The molecule has 11 aromatic rings. The molecule has 3 nitrogen and oxygen atoms in total. The van der Waals surface area contributed by atoms with Crippen molar-refractivity contribution in [1.82, 2.24) is 5.32 Å². The average molecular weight is 801 g/mol. The Balaban J connectivity index is 1.00. The number of benzene rings is 9. The summed E-state index contributed by atoms with van der Waals surface area (Å²) in [6, 6.07) is 68.2. The van der Waals surface area contributed by atoms with Gasteiger partial charge >= 0.3 is 0 Å². The molecule has 9 aromatic carbocycles. The van der Waals surface area contributed by atoms with E-state index in [0.29, 0.717) is 0 Å². The van der Waals surface area contributed by atoms with E-state index in [2.05, 4.69) is 194 Å². The molecule has 12 rings (SSSR count). The van der Waals surface area contributed by atoms with Gasteiger partial charge in [0.15, 0.2) is 0 Å². The van der Waals surface area contributed by atoms with Crippen LogP contribution in [-0.4, -0.2) is 5.71 Å². The molecule has 1 aliphatic heterocycles. The minimum Gasteiger partial charge on any atom is -0.456 e. The maximum Gasteiger partial charge on any atom is 0.145 e. The molecule has 0 bridgehead atoms. The Bertz CT molecular complexity index is 3590. The number of hydrogen-bond donors (Lipinski definition) is 1. The zero-order valence-electron chi connectivity index (χ0n) is 33.7. The molecule has 4 heteroatoms. The van der Waals surface area contributed by atoms with Crippen molar-refractivity contribution in [2.75, 3.05) is 0 Å². The zero-order chi connectivity index (χ0) is 40.4. The van der Waals surface area contributed by atoms with Gasteiger partial charge in [0.25, 0.3) is 0 Å². The van der Waals surface area contributed by atoms with Crippen molar-refractivity contribution >= 4 is 86.4 Å². The van der Waals surface area contributed by atoms with Crippen LogP contribution >= 0.6 is 11.3 Å². The molecule has 0 aliphatic carbocycles. The van der Waals surface area contributed by atoms with E-state index in [1.165, 1.54) is 75.1 Å². The largest absolute Gasteiger partial charge is 0.456 e. The summed E-state index contributed by atoms with van der Waals surface area (Å²) in [4.78, 5) is 5.73. The van der Waals surface area contributed by atoms with Crippen LogP contribution in [0, 0.1) is 0 Å². The van der Waals surface area contributed by atoms with E-state index < -0.39 is 0 Å². The van der Waals surface area contributed by atoms with Gasteiger partial charge in [0.2, 0.25) is 0 Å². The van der Waals surface area contributed by atoms with Crippen LogP contribution in [0.2, 0.25) is 0 Å². The van der Waals surface area contributed by atoms with Gasteiger partial charge in [0, 0.05) is 47.9 Å². The maximum atomic E-state index is 6.35. The van der Waals surface area contributed by atoms with E-state index in [9.17, 15) is 0 Å². The topological polar surface area (TPSA) is 37.5 Å². The molecule has 1 aliphatic rings. The molecule has 61 heavy (non-hydrogen) atoms. The van der Waals surface area contributed by atoms with Crippen molar-refractivity contribution in [3.8, 4) is 22.3 Å². The van der Waals surface area contributed by atoms with E-state index in [4.69, 9.17) is 9.41 Å². The predicted octanol–water partition coefficient (Wildman–Crippen LogP) is 15.9. The van der Waals surface area contributed by atoms with Crippen molar-refractivity contribution in [3.63, 3.8) is 0 Å². The molecule has 1 atom stereocenters. The minimum absolute atomic E-state index is 0.347. The van der Waals surface area contributed by atoms with Crippen molar-refractivity contribution in [2.45, 2.75) is 25.9 Å². The summed E-state index contributed by atoms with van der Waals surface area (Å²) in [7, 11) is 0. The number of nitrogens with one attached hydrogen (secondary N) is 1. The van der Waals surface area contributed by atoms with Crippen LogP contribution in [0.1, 0.15) is 42.6 Å². The molecule has 0 radical (unpaired) electrons. The molecule has 1 unspecified atom stereocenters. The van der Waals surface area contributed by atoms with Crippen molar-refractivity contribution in [2.24, 2.45) is 4.99 Å². The summed E-state index contributed by atoms with van der Waals surface area (Å²) in [5.74, 6) is 0. The molecule has 0 fully saturated rings. The van der Waals surface area contributed by atoms with Crippen LogP contribution in [0.25, 0.3) is 91.6 Å². The minimum atomic E-state index is -0.347. The van der Waals surface area contributed by atoms with Gasteiger partial charge in [-0.05, 0) is 117 Å². The fourth-order valence-electron chi connectivity index (χ4n) is 9.54. The molecular formula is C57H40N2OS. The van der Waals surface area contributed by atoms with Crippen molar-refractivity contribution < 1.29 is 4.42 Å². The van der Waals surface area contributed by atoms with Gasteiger partial charge in [0.05, 0.1) is 0 Å². The first-order chi connectivity index (χ1) is 30.1. The number of allylic oxidation sites excluding steroid dienone is 1. The second-order valence-electron chi connectivity index (χ2n) is 16.3. The molecule has 2 aromatic heterocycles. The summed E-state index contributed by atoms with van der Waals surface area (Å²) in [6.07, 6.45) is 1.38. The smallest absolute Gasteiger partial charge is 0.145 e. The number of furan rings is 1. The highest BCUT2D eigenvalue weighted by molar-refractivity contribution is 7.25. The van der Waals surface area contributed by atoms with Gasteiger partial charge in [-0.1, -0.05) is 152 Å². The van der Waals surface area contributed by atoms with Gasteiger partial charge in [0.1, 0.15) is 17.3 Å². The summed E-state index contributed by atoms with van der Waals surface area (Å²) in [5.41, 5.74) is 13.6. The van der Waals surface area contributed by atoms with Gasteiger partial charge in [-0.25, -0.2) is 0 Å². The number of nitrogens with zero attached hydrogens (tertiary/aromatic N) is 1. The van der Waals surface area contributed by atoms with Crippen LogP contribution in [-0.2, 0) is 0 Å². The normalized spacial score (nSPS) is 16.9. The number of rotatable bonds is 5. The van der Waals surface area contributed by atoms with Gasteiger partial charge < -0.3 is 9.73 Å². The summed E-state index contributed by atoms with van der Waals surface area (Å²) in [6.45, 7) is 2.29. The fraction of sp³-hybridized carbons (Fsp3) is 0.0702. The summed E-state index contributed by atoms with van der Waals surface area (Å²) < 4.78 is 8.97. The summed E-state index contributed by atoms with van der Waals surface area (Å²) in [5, 5.41) is 13.8. The third kappa shape index (κ3) is 6.13. The van der Waals surface area contributed by atoms with Gasteiger partial charge in [-0.3, -0.25) is 4.99 Å². The molecule has 0 spiro atoms. The lowest BCUT2D eigenvalue weighted by Crippen LogP contribution is -2.24. The maximum absolute atomic E-state index is 6.35. The lowest BCUT2D eigenvalue weighted by molar-refractivity contribution is 0.661. The Kier molecular flexibility index (Phi) is 8.46. The second kappa shape index (κ2) is 14.5. The lowest BCUT2D eigenvalue weighted by atomic mass is 9.91. The third-order valence-corrected chi connectivity index (χ3v) is 13.8. The fourth-order valence-corrected chi connectivity index (χ4v) is 10.6. The Morgan fingerprint density at radius 1 is 0.492 bits per heavy atom. The highest BCUT2D eigenvalue weighted by Crippen LogP contribution is 2.42. The zero-order valence-corrected chi connectivity index (χ0v) is 34.5. The average Bonchev–Trinajstić information content (AvgIpc) is 3.89. The molecular weight excluding hydrogens is 761 g/mol. The monoisotopic (exact) mass is 800 g/mol. The SMILES string of the molecule is C/C1=C(\c2ccc3sc4ccccc4c3c2)NC(c2ccc(-c3cccc4oc5ccccc5c34)c3ccccc23)/N=C(/c2ccc(-c3ccc4ccccc4c3)cc2)CC1. The summed E-state index contributed by atoms with van der Waals surface area (Å²) >= 11 is 1.86. The number of hydrogen-bond acceptors (Lipinski definition) is 4. The lowest BCUT2D eigenvalue weighted by Gasteiger charge is -2.27. The highest BCUT2D eigenvalue weighted by atomic mass is 32.1. The van der Waals surface area contributed by atoms with Gasteiger partial charge in [-0.2, -0.15) is 0 Å². The van der Waals surface area contributed by atoms with Gasteiger partial charge in [-0.15, -0.1) is 11.3 Å². The Hall–Kier alpha value is -7.27. The van der Waals surface area contributed by atoms with Crippen LogP contribution < -0.4 is 5.32 Å². The van der Waals surface area contributed by atoms with E-state index in [1.54, 1.807) is 0 Å². The molecule has 0 saturated heterocycles. The van der Waals surface area contributed by atoms with Crippen molar-refractivity contribution in [1.29, 1.82) is 0 Å². The number of fused-ring (bicyclic) bond motifs is 8. The number of thiophene rings is 1. The molecule has 0 saturated carbocycles. The first-order valence-corrected chi connectivity index (χ1v) is 21.9. The van der Waals surface area contributed by atoms with Crippen LogP contribution in [0.15, 0.2) is 203 Å².